The Labute approximate surface area is 171 Å². The van der Waals surface area contributed by atoms with E-state index in [0.29, 0.717) is 6.42 Å². The molecule has 0 saturated carbocycles. The average molecular weight is 403 g/mol. The predicted molar refractivity (Wildman–Crippen MR) is 115 cm³/mol. The van der Waals surface area contributed by atoms with Crippen molar-refractivity contribution in [2.24, 2.45) is 0 Å². The van der Waals surface area contributed by atoms with E-state index in [1.165, 1.54) is 6.08 Å². The average Bonchev–Trinajstić information content (AvgIpc) is 2.74. The minimum atomic E-state index is -3.83. The number of hydrogen-bond acceptors (Lipinski definition) is 3. The standard InChI is InChI=1S/C25H22O3S/c1-18-12-14-22(15-13-18)29(27,28)25-23(20-10-6-3-7-11-20)16-21(17-24(25)26)19-8-4-2-5-9-19/h2-15,17,23,25H,16H2,1H3. The molecule has 0 aromatic heterocycles. The lowest BCUT2D eigenvalue weighted by atomic mass is 9.80. The highest BCUT2D eigenvalue weighted by atomic mass is 32.2. The first-order valence-electron chi connectivity index (χ1n) is 9.62. The van der Waals surface area contributed by atoms with Crippen molar-refractivity contribution >= 4 is 21.2 Å². The van der Waals surface area contributed by atoms with Crippen LogP contribution in [0.3, 0.4) is 0 Å². The van der Waals surface area contributed by atoms with Gasteiger partial charge in [0.05, 0.1) is 4.90 Å². The van der Waals surface area contributed by atoms with E-state index < -0.39 is 21.0 Å². The van der Waals surface area contributed by atoms with Crippen LogP contribution in [-0.4, -0.2) is 19.5 Å². The summed E-state index contributed by atoms with van der Waals surface area (Å²) in [5.41, 5.74) is 3.67. The van der Waals surface area contributed by atoms with E-state index in [4.69, 9.17) is 0 Å². The summed E-state index contributed by atoms with van der Waals surface area (Å²) >= 11 is 0. The molecule has 0 radical (unpaired) electrons. The molecular weight excluding hydrogens is 380 g/mol. The second-order valence-corrected chi connectivity index (χ2v) is 9.51. The van der Waals surface area contributed by atoms with Gasteiger partial charge in [-0.05, 0) is 48.3 Å². The maximum Gasteiger partial charge on any atom is 0.189 e. The second kappa shape index (κ2) is 7.80. The fourth-order valence-corrected chi connectivity index (χ4v) is 5.81. The summed E-state index contributed by atoms with van der Waals surface area (Å²) in [4.78, 5) is 13.4. The molecule has 4 rings (SSSR count). The van der Waals surface area contributed by atoms with Crippen LogP contribution in [0.25, 0.3) is 5.57 Å². The van der Waals surface area contributed by atoms with E-state index in [1.54, 1.807) is 24.3 Å². The lowest BCUT2D eigenvalue weighted by molar-refractivity contribution is -0.114. The van der Waals surface area contributed by atoms with Crippen molar-refractivity contribution in [3.05, 3.63) is 108 Å². The van der Waals surface area contributed by atoms with Crippen LogP contribution in [0.1, 0.15) is 29.0 Å². The molecule has 0 heterocycles. The molecule has 29 heavy (non-hydrogen) atoms. The summed E-state index contributed by atoms with van der Waals surface area (Å²) in [6.45, 7) is 1.91. The Balaban J connectivity index is 1.83. The molecule has 0 spiro atoms. The van der Waals surface area contributed by atoms with Gasteiger partial charge < -0.3 is 0 Å². The van der Waals surface area contributed by atoms with Crippen LogP contribution >= 0.6 is 0 Å². The maximum atomic E-state index is 13.5. The number of rotatable bonds is 4. The quantitative estimate of drug-likeness (QED) is 0.619. The summed E-state index contributed by atoms with van der Waals surface area (Å²) in [6, 6.07) is 25.9. The van der Waals surface area contributed by atoms with Gasteiger partial charge >= 0.3 is 0 Å². The molecule has 0 amide bonds. The minimum Gasteiger partial charge on any atom is -0.293 e. The highest BCUT2D eigenvalue weighted by molar-refractivity contribution is 7.93. The van der Waals surface area contributed by atoms with Crippen LogP contribution in [-0.2, 0) is 14.6 Å². The van der Waals surface area contributed by atoms with Gasteiger partial charge in [-0.3, -0.25) is 4.79 Å². The van der Waals surface area contributed by atoms with Gasteiger partial charge in [0.15, 0.2) is 15.6 Å². The van der Waals surface area contributed by atoms with E-state index in [1.807, 2.05) is 67.6 Å². The van der Waals surface area contributed by atoms with Gasteiger partial charge in [0.25, 0.3) is 0 Å². The van der Waals surface area contributed by atoms with Crippen LogP contribution in [0, 0.1) is 6.92 Å². The molecule has 3 aromatic carbocycles. The van der Waals surface area contributed by atoms with Gasteiger partial charge in [0.1, 0.15) is 5.25 Å². The lowest BCUT2D eigenvalue weighted by Gasteiger charge is -2.30. The van der Waals surface area contributed by atoms with Crippen molar-refractivity contribution in [3.8, 4) is 0 Å². The summed E-state index contributed by atoms with van der Waals surface area (Å²) in [5.74, 6) is -0.792. The Kier molecular flexibility index (Phi) is 5.20. The molecule has 3 nitrogen and oxygen atoms in total. The highest BCUT2D eigenvalue weighted by Crippen LogP contribution is 2.40. The smallest absolute Gasteiger partial charge is 0.189 e. The molecule has 146 valence electrons. The number of allylic oxidation sites excluding steroid dienone is 2. The van der Waals surface area contributed by atoms with E-state index in [9.17, 15) is 13.2 Å². The normalized spacial score (nSPS) is 19.6. The number of carbonyl (C=O) groups is 1. The van der Waals surface area contributed by atoms with Crippen LogP contribution in [0.2, 0.25) is 0 Å². The number of aryl methyl sites for hydroxylation is 1. The summed E-state index contributed by atoms with van der Waals surface area (Å²) in [5, 5.41) is -1.12. The summed E-state index contributed by atoms with van der Waals surface area (Å²) < 4.78 is 27.0. The molecule has 4 heteroatoms. The first-order valence-corrected chi connectivity index (χ1v) is 11.2. The van der Waals surface area contributed by atoms with Crippen LogP contribution in [0.5, 0.6) is 0 Å². The minimum absolute atomic E-state index is 0.193. The first kappa shape index (κ1) is 19.3. The maximum absolute atomic E-state index is 13.5. The largest absolute Gasteiger partial charge is 0.293 e. The third-order valence-electron chi connectivity index (χ3n) is 5.46. The Morgan fingerprint density at radius 3 is 2.00 bits per heavy atom. The van der Waals surface area contributed by atoms with Gasteiger partial charge in [0.2, 0.25) is 0 Å². The molecule has 1 aliphatic carbocycles. The molecule has 0 fully saturated rings. The number of ketones is 1. The molecule has 1 aliphatic rings. The van der Waals surface area contributed by atoms with Crippen LogP contribution in [0.4, 0.5) is 0 Å². The molecule has 3 aromatic rings. The Morgan fingerprint density at radius 1 is 0.793 bits per heavy atom. The van der Waals surface area contributed by atoms with Crippen molar-refractivity contribution in [1.29, 1.82) is 0 Å². The van der Waals surface area contributed by atoms with Gasteiger partial charge in [-0.25, -0.2) is 8.42 Å². The van der Waals surface area contributed by atoms with E-state index in [0.717, 1.165) is 22.3 Å². The van der Waals surface area contributed by atoms with E-state index >= 15 is 0 Å². The molecule has 2 atom stereocenters. The van der Waals surface area contributed by atoms with E-state index in [-0.39, 0.29) is 10.7 Å². The van der Waals surface area contributed by atoms with Crippen molar-refractivity contribution in [1.82, 2.24) is 0 Å². The Bertz CT molecular complexity index is 1150. The van der Waals surface area contributed by atoms with Crippen molar-refractivity contribution in [3.63, 3.8) is 0 Å². The third-order valence-corrected chi connectivity index (χ3v) is 7.62. The van der Waals surface area contributed by atoms with Crippen LogP contribution in [0.15, 0.2) is 95.9 Å². The van der Waals surface area contributed by atoms with Crippen molar-refractivity contribution in [2.75, 3.05) is 0 Å². The SMILES string of the molecule is Cc1ccc(S(=O)(=O)C2C(=O)C=C(c3ccccc3)CC2c2ccccc2)cc1. The number of carbonyl (C=O) groups excluding carboxylic acids is 1. The zero-order chi connectivity index (χ0) is 20.4. The van der Waals surface area contributed by atoms with Crippen LogP contribution < -0.4 is 0 Å². The van der Waals surface area contributed by atoms with Gasteiger partial charge in [-0.1, -0.05) is 78.4 Å². The monoisotopic (exact) mass is 402 g/mol. The topological polar surface area (TPSA) is 51.2 Å². The molecule has 0 N–H and O–H groups in total. The lowest BCUT2D eigenvalue weighted by Crippen LogP contribution is -2.38. The summed E-state index contributed by atoms with van der Waals surface area (Å²) in [7, 11) is -3.83. The van der Waals surface area contributed by atoms with Crippen molar-refractivity contribution < 1.29 is 13.2 Å². The Hall–Kier alpha value is -2.98. The molecule has 0 bridgehead atoms. The fourth-order valence-electron chi connectivity index (χ4n) is 3.95. The number of sulfone groups is 1. The second-order valence-electron chi connectivity index (χ2n) is 7.44. The predicted octanol–water partition coefficient (Wildman–Crippen LogP) is 4.98. The number of benzene rings is 3. The zero-order valence-corrected chi connectivity index (χ0v) is 17.0. The molecule has 2 unspecified atom stereocenters. The molecule has 0 saturated heterocycles. The van der Waals surface area contributed by atoms with Gasteiger partial charge in [0, 0.05) is 5.92 Å². The van der Waals surface area contributed by atoms with Crippen molar-refractivity contribution in [2.45, 2.75) is 29.4 Å². The third kappa shape index (κ3) is 3.81. The Morgan fingerprint density at radius 2 is 1.38 bits per heavy atom. The molecular formula is C25H22O3S. The first-order chi connectivity index (χ1) is 14.0. The highest BCUT2D eigenvalue weighted by Gasteiger charge is 2.43. The fraction of sp³-hybridized carbons (Fsp3) is 0.160. The molecule has 0 aliphatic heterocycles. The van der Waals surface area contributed by atoms with Gasteiger partial charge in [-0.15, -0.1) is 0 Å². The number of hydrogen-bond donors (Lipinski definition) is 0. The summed E-state index contributed by atoms with van der Waals surface area (Å²) in [6.07, 6.45) is 2.01. The zero-order valence-electron chi connectivity index (χ0n) is 16.2. The van der Waals surface area contributed by atoms with E-state index in [2.05, 4.69) is 0 Å². The van der Waals surface area contributed by atoms with Gasteiger partial charge in [-0.2, -0.15) is 0 Å².